The first-order chi connectivity index (χ1) is 18.0. The SMILES string of the molecule is CCCC(Nc1ccccc1)c1c(C=C2C(=O)Nc3ccc(CCC(=O)O)c(C)c32)oc2c1CCCC2. The number of para-hydroxylation sites is 1. The van der Waals surface area contributed by atoms with Crippen molar-refractivity contribution in [1.82, 2.24) is 0 Å². The Bertz CT molecular complexity index is 1350. The number of carbonyl (C=O) groups is 2. The van der Waals surface area contributed by atoms with Gasteiger partial charge < -0.3 is 20.2 Å². The van der Waals surface area contributed by atoms with Gasteiger partial charge in [0.15, 0.2) is 0 Å². The number of amides is 1. The van der Waals surface area contributed by atoms with E-state index in [0.29, 0.717) is 12.0 Å². The predicted molar refractivity (Wildman–Crippen MR) is 147 cm³/mol. The summed E-state index contributed by atoms with van der Waals surface area (Å²) in [6.45, 7) is 4.15. The maximum absolute atomic E-state index is 13.2. The maximum Gasteiger partial charge on any atom is 0.303 e. The first-order valence-electron chi connectivity index (χ1n) is 13.3. The van der Waals surface area contributed by atoms with Crippen molar-refractivity contribution in [2.45, 2.75) is 71.3 Å². The van der Waals surface area contributed by atoms with Gasteiger partial charge in [-0.05, 0) is 80.0 Å². The summed E-state index contributed by atoms with van der Waals surface area (Å²) in [7, 11) is 0. The summed E-state index contributed by atoms with van der Waals surface area (Å²) in [5.41, 5.74) is 7.57. The van der Waals surface area contributed by atoms with Gasteiger partial charge >= 0.3 is 5.97 Å². The third-order valence-electron chi connectivity index (χ3n) is 7.50. The number of carbonyl (C=O) groups excluding carboxylic acids is 1. The Morgan fingerprint density at radius 3 is 2.70 bits per heavy atom. The Labute approximate surface area is 217 Å². The molecule has 0 saturated heterocycles. The van der Waals surface area contributed by atoms with Crippen molar-refractivity contribution in [3.63, 3.8) is 0 Å². The number of benzene rings is 2. The molecule has 1 amide bonds. The minimum absolute atomic E-state index is 0.0545. The summed E-state index contributed by atoms with van der Waals surface area (Å²) in [6, 6.07) is 14.1. The second kappa shape index (κ2) is 10.7. The van der Waals surface area contributed by atoms with Gasteiger partial charge in [-0.3, -0.25) is 9.59 Å². The molecule has 6 heteroatoms. The molecule has 0 radical (unpaired) electrons. The fraction of sp³-hybridized carbons (Fsp3) is 0.355. The Balaban J connectivity index is 1.60. The highest BCUT2D eigenvalue weighted by Gasteiger charge is 2.31. The second-order valence-electron chi connectivity index (χ2n) is 10.0. The summed E-state index contributed by atoms with van der Waals surface area (Å²) in [5, 5.41) is 15.9. The lowest BCUT2D eigenvalue weighted by Gasteiger charge is -2.22. The van der Waals surface area contributed by atoms with Crippen LogP contribution in [0, 0.1) is 6.92 Å². The number of anilines is 2. The largest absolute Gasteiger partial charge is 0.481 e. The number of nitrogens with one attached hydrogen (secondary N) is 2. The molecule has 1 aliphatic heterocycles. The van der Waals surface area contributed by atoms with Crippen molar-refractivity contribution in [2.24, 2.45) is 0 Å². The van der Waals surface area contributed by atoms with E-state index in [1.807, 2.05) is 43.3 Å². The molecule has 0 saturated carbocycles. The van der Waals surface area contributed by atoms with Gasteiger partial charge in [-0.1, -0.05) is 37.6 Å². The molecule has 5 rings (SSSR count). The minimum Gasteiger partial charge on any atom is -0.481 e. The summed E-state index contributed by atoms with van der Waals surface area (Å²) in [5.74, 6) is 0.803. The third kappa shape index (κ3) is 5.06. The molecule has 3 N–H and O–H groups in total. The van der Waals surface area contributed by atoms with Crippen LogP contribution >= 0.6 is 0 Å². The molecule has 2 heterocycles. The monoisotopic (exact) mass is 498 g/mol. The summed E-state index contributed by atoms with van der Waals surface area (Å²) in [6.07, 6.45) is 8.48. The standard InChI is InChI=1S/C31H34N2O4/c1-3-9-24(32-21-10-5-4-6-11-21)30-22-12-7-8-13-26(22)37-27(30)18-23-29-19(2)20(15-17-28(34)35)14-16-25(29)33-31(23)36/h4-6,10-11,14,16,18,24,32H,3,7-9,12-13,15,17H2,1-2H3,(H,33,36)(H,34,35). The highest BCUT2D eigenvalue weighted by atomic mass is 16.4. The van der Waals surface area contributed by atoms with Crippen LogP contribution in [0.15, 0.2) is 46.9 Å². The number of fused-ring (bicyclic) bond motifs is 2. The van der Waals surface area contributed by atoms with Gasteiger partial charge in [0.05, 0.1) is 11.6 Å². The van der Waals surface area contributed by atoms with E-state index in [4.69, 9.17) is 9.52 Å². The van der Waals surface area contributed by atoms with Gasteiger partial charge in [-0.2, -0.15) is 0 Å². The van der Waals surface area contributed by atoms with Gasteiger partial charge in [-0.15, -0.1) is 0 Å². The minimum atomic E-state index is -0.830. The molecule has 0 bridgehead atoms. The number of furan rings is 1. The second-order valence-corrected chi connectivity index (χ2v) is 10.0. The van der Waals surface area contributed by atoms with Crippen molar-refractivity contribution in [3.8, 4) is 0 Å². The van der Waals surface area contributed by atoms with E-state index in [9.17, 15) is 9.59 Å². The molecule has 1 aliphatic carbocycles. The molecule has 2 aliphatic rings. The van der Waals surface area contributed by atoms with E-state index >= 15 is 0 Å². The lowest BCUT2D eigenvalue weighted by molar-refractivity contribution is -0.137. The quantitative estimate of drug-likeness (QED) is 0.278. The average Bonchev–Trinajstić information content (AvgIpc) is 3.41. The van der Waals surface area contributed by atoms with Crippen molar-refractivity contribution in [3.05, 3.63) is 81.8 Å². The summed E-state index contributed by atoms with van der Waals surface area (Å²) >= 11 is 0. The van der Waals surface area contributed by atoms with Crippen LogP contribution in [0.5, 0.6) is 0 Å². The van der Waals surface area contributed by atoms with E-state index in [1.165, 1.54) is 5.56 Å². The van der Waals surface area contributed by atoms with Gasteiger partial charge in [0, 0.05) is 35.3 Å². The zero-order chi connectivity index (χ0) is 25.9. The summed E-state index contributed by atoms with van der Waals surface area (Å²) in [4.78, 5) is 24.3. The molecule has 2 aromatic carbocycles. The van der Waals surface area contributed by atoms with Crippen molar-refractivity contribution in [1.29, 1.82) is 0 Å². The predicted octanol–water partition coefficient (Wildman–Crippen LogP) is 6.93. The highest BCUT2D eigenvalue weighted by molar-refractivity contribution is 6.35. The highest BCUT2D eigenvalue weighted by Crippen LogP contribution is 2.42. The van der Waals surface area contributed by atoms with Crippen molar-refractivity contribution < 1.29 is 19.1 Å². The Kier molecular flexibility index (Phi) is 7.17. The van der Waals surface area contributed by atoms with Crippen LogP contribution in [0.1, 0.15) is 84.4 Å². The van der Waals surface area contributed by atoms with E-state index in [-0.39, 0.29) is 18.4 Å². The zero-order valence-electron chi connectivity index (χ0n) is 21.5. The molecule has 37 heavy (non-hydrogen) atoms. The smallest absolute Gasteiger partial charge is 0.303 e. The fourth-order valence-corrected chi connectivity index (χ4v) is 5.70. The molecule has 1 aromatic heterocycles. The number of aliphatic carboxylic acids is 1. The topological polar surface area (TPSA) is 91.6 Å². The van der Waals surface area contributed by atoms with Gasteiger partial charge in [0.2, 0.25) is 0 Å². The molecule has 192 valence electrons. The fourth-order valence-electron chi connectivity index (χ4n) is 5.70. The molecule has 0 spiro atoms. The van der Waals surface area contributed by atoms with Crippen LogP contribution in [0.2, 0.25) is 0 Å². The van der Waals surface area contributed by atoms with Gasteiger partial charge in [0.1, 0.15) is 11.5 Å². The van der Waals surface area contributed by atoms with Crippen LogP contribution in [0.25, 0.3) is 11.6 Å². The van der Waals surface area contributed by atoms with Crippen LogP contribution in [0.4, 0.5) is 11.4 Å². The normalized spacial score (nSPS) is 16.3. The Morgan fingerprint density at radius 2 is 1.95 bits per heavy atom. The van der Waals surface area contributed by atoms with E-state index < -0.39 is 5.97 Å². The maximum atomic E-state index is 13.2. The molecular weight excluding hydrogens is 464 g/mol. The first kappa shape index (κ1) is 24.9. The average molecular weight is 499 g/mol. The number of carboxylic acids is 1. The first-order valence-corrected chi connectivity index (χ1v) is 13.3. The number of hydrogen-bond acceptors (Lipinski definition) is 4. The molecule has 1 atom stereocenters. The third-order valence-corrected chi connectivity index (χ3v) is 7.50. The molecule has 0 fully saturated rings. The zero-order valence-corrected chi connectivity index (χ0v) is 21.5. The number of hydrogen-bond donors (Lipinski definition) is 3. The lowest BCUT2D eigenvalue weighted by atomic mass is 9.88. The van der Waals surface area contributed by atoms with E-state index in [1.54, 1.807) is 0 Å². The summed E-state index contributed by atoms with van der Waals surface area (Å²) < 4.78 is 6.50. The Morgan fingerprint density at radius 1 is 1.16 bits per heavy atom. The molecule has 6 nitrogen and oxygen atoms in total. The Hall–Kier alpha value is -3.80. The molecule has 1 unspecified atom stereocenters. The van der Waals surface area contributed by atoms with Crippen molar-refractivity contribution in [2.75, 3.05) is 10.6 Å². The molecule has 3 aromatic rings. The van der Waals surface area contributed by atoms with Crippen molar-refractivity contribution >= 4 is 34.9 Å². The van der Waals surface area contributed by atoms with E-state index in [2.05, 4.69) is 29.7 Å². The van der Waals surface area contributed by atoms with Crippen LogP contribution in [0.3, 0.4) is 0 Å². The van der Waals surface area contributed by atoms with Crippen LogP contribution < -0.4 is 10.6 Å². The number of carboxylic acid groups (broad SMARTS) is 1. The van der Waals surface area contributed by atoms with Gasteiger partial charge in [0.25, 0.3) is 5.91 Å². The lowest BCUT2D eigenvalue weighted by Crippen LogP contribution is -2.14. The van der Waals surface area contributed by atoms with Crippen LogP contribution in [-0.2, 0) is 28.9 Å². The van der Waals surface area contributed by atoms with E-state index in [0.717, 1.165) is 83.7 Å². The number of aryl methyl sites for hydroxylation is 2. The van der Waals surface area contributed by atoms with Crippen LogP contribution in [-0.4, -0.2) is 17.0 Å². The number of rotatable bonds is 9. The molecular formula is C31H34N2O4. The van der Waals surface area contributed by atoms with Gasteiger partial charge in [-0.25, -0.2) is 0 Å².